The fraction of sp³-hybridized carbons (Fsp3) is 0.333. The number of fused-ring (bicyclic) bond motifs is 18. The van der Waals surface area contributed by atoms with Gasteiger partial charge in [0.25, 0.3) is 0 Å². The number of hydrogen-bond acceptors (Lipinski definition) is 7. The Morgan fingerprint density at radius 1 is 0.655 bits per heavy atom. The first kappa shape index (κ1) is 40.4. The fourth-order valence-corrected chi connectivity index (χ4v) is 7.07. The van der Waals surface area contributed by atoms with Crippen molar-refractivity contribution in [3.8, 4) is 0 Å². The number of carbonyl (C=O) groups is 6. The maximum absolute atomic E-state index is 14.3. The highest BCUT2D eigenvalue weighted by Crippen LogP contribution is 2.16. The number of nitrogens with one attached hydrogen (secondary N) is 5. The number of carboxylic acids is 1. The number of rotatable bonds is 9. The first-order valence-electron chi connectivity index (χ1n) is 18.4. The molecule has 0 spiro atoms. The lowest BCUT2D eigenvalue weighted by Crippen LogP contribution is -2.59. The normalized spacial score (nSPS) is 20.4. The lowest BCUT2D eigenvalue weighted by atomic mass is 9.98. The van der Waals surface area contributed by atoms with Crippen molar-refractivity contribution in [3.05, 3.63) is 124 Å². The molecule has 0 fully saturated rings. The zero-order valence-electron chi connectivity index (χ0n) is 30.9. The fourth-order valence-electron chi connectivity index (χ4n) is 6.32. The Hall–Kier alpha value is -5.82. The van der Waals surface area contributed by atoms with Gasteiger partial charge >= 0.3 is 5.97 Å². The summed E-state index contributed by atoms with van der Waals surface area (Å²) < 4.78 is 0. The average Bonchev–Trinajstić information content (AvgIpc) is 3.67. The van der Waals surface area contributed by atoms with Gasteiger partial charge in [0.15, 0.2) is 0 Å². The number of hydrogen-bond donors (Lipinski definition) is 6. The molecule has 55 heavy (non-hydrogen) atoms. The molecule has 288 valence electrons. The SMILES string of the molecule is CC(C)Cc1ccc(CC2NC(=O)C(Cc3cccs3)NC(=O)CCC(=O)Nc3ccc(cc3)CC(C(=O)O)NC(=O)C(Cc3ccccc3)NC2=O)cc1. The minimum Gasteiger partial charge on any atom is -0.480 e. The predicted octanol–water partition coefficient (Wildman–Crippen LogP) is 3.97. The molecule has 13 heteroatoms. The number of carbonyl (C=O) groups excluding carboxylic acids is 5. The molecule has 0 saturated heterocycles. The molecule has 6 rings (SSSR count). The molecular weight excluding hydrogens is 719 g/mol. The van der Waals surface area contributed by atoms with E-state index in [-0.39, 0.29) is 38.5 Å². The van der Waals surface area contributed by atoms with Crippen LogP contribution in [-0.4, -0.2) is 64.8 Å². The summed E-state index contributed by atoms with van der Waals surface area (Å²) in [7, 11) is 0. The van der Waals surface area contributed by atoms with E-state index in [0.29, 0.717) is 17.2 Å². The van der Waals surface area contributed by atoms with E-state index in [1.165, 1.54) is 11.3 Å². The Kier molecular flexibility index (Phi) is 14.3. The third kappa shape index (κ3) is 12.6. The summed E-state index contributed by atoms with van der Waals surface area (Å²) in [4.78, 5) is 81.5. The molecule has 2 aliphatic heterocycles. The Balaban J connectivity index is 1.50. The van der Waals surface area contributed by atoms with Crippen LogP contribution >= 0.6 is 11.3 Å². The van der Waals surface area contributed by atoms with Gasteiger partial charge in [-0.15, -0.1) is 11.3 Å². The van der Waals surface area contributed by atoms with Crippen LogP contribution in [0.15, 0.2) is 96.4 Å². The second-order valence-electron chi connectivity index (χ2n) is 14.2. The minimum absolute atomic E-state index is 0.0424. The van der Waals surface area contributed by atoms with Crippen LogP contribution in [0.5, 0.6) is 0 Å². The summed E-state index contributed by atoms with van der Waals surface area (Å²) in [6.45, 7) is 4.24. The van der Waals surface area contributed by atoms with Crippen molar-refractivity contribution < 1.29 is 33.9 Å². The second-order valence-corrected chi connectivity index (χ2v) is 15.2. The molecule has 2 bridgehead atoms. The predicted molar refractivity (Wildman–Crippen MR) is 210 cm³/mol. The topological polar surface area (TPSA) is 183 Å². The molecule has 6 N–H and O–H groups in total. The molecule has 2 aliphatic rings. The van der Waals surface area contributed by atoms with Crippen molar-refractivity contribution in [2.75, 3.05) is 5.32 Å². The number of aliphatic carboxylic acids is 1. The zero-order chi connectivity index (χ0) is 39.3. The number of amides is 5. The van der Waals surface area contributed by atoms with Crippen molar-refractivity contribution in [2.45, 2.75) is 83.0 Å². The van der Waals surface area contributed by atoms with E-state index >= 15 is 0 Å². The van der Waals surface area contributed by atoms with Crippen molar-refractivity contribution in [1.29, 1.82) is 0 Å². The maximum atomic E-state index is 14.3. The molecular formula is C42H47N5O7S. The zero-order valence-corrected chi connectivity index (χ0v) is 31.7. The Labute approximate surface area is 324 Å². The van der Waals surface area contributed by atoms with E-state index in [9.17, 15) is 33.9 Å². The van der Waals surface area contributed by atoms with Crippen LogP contribution in [0.25, 0.3) is 0 Å². The smallest absolute Gasteiger partial charge is 0.326 e. The van der Waals surface area contributed by atoms with Crippen molar-refractivity contribution in [2.24, 2.45) is 5.92 Å². The van der Waals surface area contributed by atoms with Crippen LogP contribution < -0.4 is 26.6 Å². The van der Waals surface area contributed by atoms with Gasteiger partial charge in [0.2, 0.25) is 29.5 Å². The average molecular weight is 766 g/mol. The molecule has 4 unspecified atom stereocenters. The summed E-state index contributed by atoms with van der Waals surface area (Å²) >= 11 is 1.41. The molecule has 5 amide bonds. The quantitative estimate of drug-likeness (QED) is 0.139. The molecule has 0 aliphatic carbocycles. The van der Waals surface area contributed by atoms with E-state index < -0.39 is 59.7 Å². The highest BCUT2D eigenvalue weighted by atomic mass is 32.1. The van der Waals surface area contributed by atoms with Gasteiger partial charge < -0.3 is 31.7 Å². The van der Waals surface area contributed by atoms with Gasteiger partial charge in [0.05, 0.1) is 0 Å². The van der Waals surface area contributed by atoms with Gasteiger partial charge in [0.1, 0.15) is 24.2 Å². The molecule has 4 aromatic rings. The van der Waals surface area contributed by atoms with Gasteiger partial charge in [-0.2, -0.15) is 0 Å². The summed E-state index contributed by atoms with van der Waals surface area (Å²) in [5, 5.41) is 25.7. The van der Waals surface area contributed by atoms with E-state index in [1.54, 1.807) is 48.5 Å². The van der Waals surface area contributed by atoms with Gasteiger partial charge in [0, 0.05) is 49.1 Å². The van der Waals surface area contributed by atoms with Crippen LogP contribution in [0.2, 0.25) is 0 Å². The largest absolute Gasteiger partial charge is 0.480 e. The Morgan fingerprint density at radius 3 is 1.80 bits per heavy atom. The van der Waals surface area contributed by atoms with Gasteiger partial charge in [-0.25, -0.2) is 4.79 Å². The molecule has 4 atom stereocenters. The molecule has 3 heterocycles. The lowest BCUT2D eigenvalue weighted by molar-refractivity contribution is -0.142. The van der Waals surface area contributed by atoms with Crippen LogP contribution in [0.4, 0.5) is 5.69 Å². The van der Waals surface area contributed by atoms with Gasteiger partial charge in [-0.05, 0) is 58.2 Å². The first-order chi connectivity index (χ1) is 26.4. The summed E-state index contributed by atoms with van der Waals surface area (Å²) in [6, 6.07) is 22.1. The van der Waals surface area contributed by atoms with E-state index in [2.05, 4.69) is 40.4 Å². The number of anilines is 1. The van der Waals surface area contributed by atoms with E-state index in [4.69, 9.17) is 0 Å². The molecule has 12 nitrogen and oxygen atoms in total. The third-order valence-corrected chi connectivity index (χ3v) is 10.1. The van der Waals surface area contributed by atoms with Crippen LogP contribution in [0, 0.1) is 5.92 Å². The van der Waals surface area contributed by atoms with E-state index in [0.717, 1.165) is 28.0 Å². The monoisotopic (exact) mass is 765 g/mol. The first-order valence-corrected chi connectivity index (χ1v) is 19.3. The number of thiophene rings is 1. The summed E-state index contributed by atoms with van der Waals surface area (Å²) in [5.74, 6) is -3.78. The van der Waals surface area contributed by atoms with Crippen molar-refractivity contribution >= 4 is 52.5 Å². The Bertz CT molecular complexity index is 1930. The number of benzene rings is 3. The highest BCUT2D eigenvalue weighted by molar-refractivity contribution is 7.09. The molecule has 3 aromatic carbocycles. The second kappa shape index (κ2) is 19.5. The lowest BCUT2D eigenvalue weighted by Gasteiger charge is -2.26. The van der Waals surface area contributed by atoms with Crippen LogP contribution in [0.3, 0.4) is 0 Å². The van der Waals surface area contributed by atoms with Crippen molar-refractivity contribution in [3.63, 3.8) is 0 Å². The molecule has 0 saturated carbocycles. The molecule has 0 radical (unpaired) electrons. The number of carboxylic acid groups (broad SMARTS) is 1. The molecule has 1 aromatic heterocycles. The Morgan fingerprint density at radius 2 is 1.22 bits per heavy atom. The van der Waals surface area contributed by atoms with Gasteiger partial charge in [-0.3, -0.25) is 24.0 Å². The van der Waals surface area contributed by atoms with Crippen LogP contribution in [-0.2, 0) is 60.9 Å². The third-order valence-electron chi connectivity index (χ3n) is 9.16. The summed E-state index contributed by atoms with van der Waals surface area (Å²) in [5.41, 5.74) is 3.62. The minimum atomic E-state index is -1.34. The maximum Gasteiger partial charge on any atom is 0.326 e. The van der Waals surface area contributed by atoms with E-state index in [1.807, 2.05) is 47.8 Å². The highest BCUT2D eigenvalue weighted by Gasteiger charge is 2.32. The van der Waals surface area contributed by atoms with Gasteiger partial charge in [-0.1, -0.05) is 86.6 Å². The summed E-state index contributed by atoms with van der Waals surface area (Å²) in [6.07, 6.45) is 0.688. The van der Waals surface area contributed by atoms with Crippen LogP contribution in [0.1, 0.15) is 53.8 Å². The van der Waals surface area contributed by atoms with Crippen molar-refractivity contribution in [1.82, 2.24) is 21.3 Å². The standard InChI is InChI=1S/C42H47N5O7S/c1-26(2)21-28-10-12-29(13-11-28)23-34-39(50)45-33(22-27-7-4-3-5-8-27)40(51)47-36(42(53)54)24-30-14-16-31(17-15-30)43-37(48)18-19-38(49)44-35(41(52)46-34)25-32-9-6-20-55-32/h3-17,20,26,33-36H,18-19,21-25H2,1-2H3,(H,43,48)(H,44,49)(H,45,50)(H,46,52)(H,47,51)(H,53,54).